The van der Waals surface area contributed by atoms with Crippen LogP contribution in [0.25, 0.3) is 0 Å². The zero-order valence-corrected chi connectivity index (χ0v) is 9.27. The maximum Gasteiger partial charge on any atom is 0.167 e. The molecule has 2 heteroatoms. The van der Waals surface area contributed by atoms with Crippen LogP contribution in [-0.4, -0.2) is 16.4 Å². The Balaban J connectivity index is 2.25. The maximum absolute atomic E-state index is 5.61. The lowest BCUT2D eigenvalue weighted by molar-refractivity contribution is 0.304. The molecule has 0 unspecified atom stereocenters. The predicted molar refractivity (Wildman–Crippen MR) is 51.6 cm³/mol. The van der Waals surface area contributed by atoms with E-state index < -0.39 is 0 Å². The van der Waals surface area contributed by atoms with Crippen LogP contribution in [0.3, 0.4) is 0 Å². The fraction of sp³-hybridized carbons (Fsp3) is 1.00. The second-order valence-corrected chi connectivity index (χ2v) is 6.41. The van der Waals surface area contributed by atoms with Crippen molar-refractivity contribution in [2.75, 3.05) is 6.61 Å². The molecule has 0 N–H and O–H groups in total. The fourth-order valence-corrected chi connectivity index (χ4v) is 3.38. The highest BCUT2D eigenvalue weighted by Gasteiger charge is 2.27. The van der Waals surface area contributed by atoms with Crippen LogP contribution < -0.4 is 0 Å². The molecular weight excluding hydrogens is 152 g/mol. The average Bonchev–Trinajstić information content (AvgIpc) is 2.03. The zero-order valence-electron chi connectivity index (χ0n) is 7.86. The predicted octanol–water partition coefficient (Wildman–Crippen LogP) is 2.25. The zero-order chi connectivity index (χ0) is 8.16. The summed E-state index contributed by atoms with van der Waals surface area (Å²) in [7, 11) is -0.231. The Hall–Kier alpha value is 0.177. The summed E-state index contributed by atoms with van der Waals surface area (Å²) in [6, 6.07) is 0. The summed E-state index contributed by atoms with van der Waals surface area (Å²) in [5.41, 5.74) is 0. The van der Waals surface area contributed by atoms with E-state index in [4.69, 9.17) is 4.43 Å². The van der Waals surface area contributed by atoms with Gasteiger partial charge in [0, 0.05) is 6.61 Å². The van der Waals surface area contributed by atoms with Gasteiger partial charge < -0.3 is 4.43 Å². The maximum atomic E-state index is 5.61. The third-order valence-corrected chi connectivity index (χ3v) is 4.73. The second kappa shape index (κ2) is 4.26. The van der Waals surface area contributed by atoms with Gasteiger partial charge in [-0.1, -0.05) is 26.2 Å². The number of hydrogen-bond donors (Lipinski definition) is 0. The molecule has 0 aromatic carbocycles. The van der Waals surface area contributed by atoms with Gasteiger partial charge in [-0.15, -0.1) is 0 Å². The summed E-state index contributed by atoms with van der Waals surface area (Å²) in [6.07, 6.45) is 7.20. The topological polar surface area (TPSA) is 9.23 Å². The quantitative estimate of drug-likeness (QED) is 0.593. The van der Waals surface area contributed by atoms with Gasteiger partial charge in [-0.3, -0.25) is 0 Å². The van der Waals surface area contributed by atoms with Crippen molar-refractivity contribution >= 4 is 9.76 Å². The van der Waals surface area contributed by atoms with Gasteiger partial charge in [-0.05, 0) is 24.8 Å². The first-order valence-electron chi connectivity index (χ1n) is 4.85. The Morgan fingerprint density at radius 2 is 1.91 bits per heavy atom. The average molecular weight is 172 g/mol. The van der Waals surface area contributed by atoms with E-state index in [9.17, 15) is 0 Å². The second-order valence-electron chi connectivity index (χ2n) is 4.01. The first-order valence-corrected chi connectivity index (χ1v) is 6.13. The molecular formula is C9H20OSi. The fourth-order valence-electron chi connectivity index (χ4n) is 1.90. The van der Waals surface area contributed by atoms with Gasteiger partial charge in [0.05, 0.1) is 0 Å². The molecule has 0 bridgehead atoms. The van der Waals surface area contributed by atoms with Gasteiger partial charge in [0.25, 0.3) is 0 Å². The van der Waals surface area contributed by atoms with E-state index in [-0.39, 0.29) is 9.76 Å². The third kappa shape index (κ3) is 2.95. The van der Waals surface area contributed by atoms with E-state index >= 15 is 0 Å². The van der Waals surface area contributed by atoms with Crippen molar-refractivity contribution in [3.8, 4) is 0 Å². The van der Waals surface area contributed by atoms with Crippen LogP contribution in [0.2, 0.25) is 5.04 Å². The van der Waals surface area contributed by atoms with Crippen LogP contribution in [0.5, 0.6) is 0 Å². The Morgan fingerprint density at radius 1 is 1.27 bits per heavy atom. The summed E-state index contributed by atoms with van der Waals surface area (Å²) in [6.45, 7) is 5.47. The lowest BCUT2D eigenvalue weighted by Gasteiger charge is -2.32. The van der Waals surface area contributed by atoms with E-state index in [2.05, 4.69) is 13.8 Å². The van der Waals surface area contributed by atoms with Crippen LogP contribution in [-0.2, 0) is 4.43 Å². The monoisotopic (exact) mass is 172 g/mol. The molecule has 1 fully saturated rings. The van der Waals surface area contributed by atoms with E-state index in [1.807, 2.05) is 0 Å². The molecule has 1 nitrogen and oxygen atoms in total. The lowest BCUT2D eigenvalue weighted by atomic mass is 9.90. The molecule has 1 saturated carbocycles. The molecule has 0 aromatic rings. The summed E-state index contributed by atoms with van der Waals surface area (Å²) in [4.78, 5) is 0. The Kier molecular flexibility index (Phi) is 3.59. The number of rotatable bonds is 3. The minimum Gasteiger partial charge on any atom is -0.424 e. The van der Waals surface area contributed by atoms with Gasteiger partial charge in [0.1, 0.15) is 0 Å². The van der Waals surface area contributed by atoms with Gasteiger partial charge in [-0.25, -0.2) is 0 Å². The molecule has 0 radical (unpaired) electrons. The van der Waals surface area contributed by atoms with Gasteiger partial charge >= 0.3 is 0 Å². The highest BCUT2D eigenvalue weighted by atomic mass is 28.2. The standard InChI is InChI=1S/C9H20OSi/c1-3-10-11-9(2)7-5-4-6-8-9/h3-8,11H2,1-2H3. The molecule has 0 heterocycles. The third-order valence-electron chi connectivity index (χ3n) is 2.72. The molecule has 0 amide bonds. The summed E-state index contributed by atoms with van der Waals surface area (Å²) < 4.78 is 5.61. The Morgan fingerprint density at radius 3 is 2.45 bits per heavy atom. The normalized spacial score (nSPS) is 24.5. The highest BCUT2D eigenvalue weighted by Crippen LogP contribution is 2.41. The molecule has 0 aliphatic heterocycles. The van der Waals surface area contributed by atoms with E-state index in [1.165, 1.54) is 32.1 Å². The van der Waals surface area contributed by atoms with E-state index in [1.54, 1.807) is 0 Å². The molecule has 0 spiro atoms. The molecule has 11 heavy (non-hydrogen) atoms. The van der Waals surface area contributed by atoms with Crippen molar-refractivity contribution in [3.63, 3.8) is 0 Å². The van der Waals surface area contributed by atoms with Crippen LogP contribution in [0.4, 0.5) is 0 Å². The summed E-state index contributed by atoms with van der Waals surface area (Å²) in [5, 5.41) is 0.647. The van der Waals surface area contributed by atoms with Crippen LogP contribution in [0.15, 0.2) is 0 Å². The van der Waals surface area contributed by atoms with Crippen LogP contribution in [0, 0.1) is 0 Å². The molecule has 1 aliphatic rings. The van der Waals surface area contributed by atoms with Crippen molar-refractivity contribution in [1.29, 1.82) is 0 Å². The lowest BCUT2D eigenvalue weighted by Crippen LogP contribution is -2.22. The van der Waals surface area contributed by atoms with Gasteiger partial charge in [0.15, 0.2) is 9.76 Å². The number of hydrogen-bond acceptors (Lipinski definition) is 1. The van der Waals surface area contributed by atoms with Crippen molar-refractivity contribution in [2.45, 2.75) is 51.0 Å². The van der Waals surface area contributed by atoms with E-state index in [0.717, 1.165) is 6.61 Å². The van der Waals surface area contributed by atoms with Gasteiger partial charge in [-0.2, -0.15) is 0 Å². The van der Waals surface area contributed by atoms with Gasteiger partial charge in [0.2, 0.25) is 0 Å². The molecule has 1 rings (SSSR count). The van der Waals surface area contributed by atoms with Crippen molar-refractivity contribution < 1.29 is 4.43 Å². The molecule has 0 saturated heterocycles. The van der Waals surface area contributed by atoms with Crippen LogP contribution in [0.1, 0.15) is 46.0 Å². The Labute approximate surface area is 72.5 Å². The van der Waals surface area contributed by atoms with E-state index in [0.29, 0.717) is 5.04 Å². The SMILES string of the molecule is CCO[SiH2]C1(C)CCCCC1. The molecule has 1 aliphatic carbocycles. The Bertz CT molecular complexity index is 108. The summed E-state index contributed by atoms with van der Waals surface area (Å²) >= 11 is 0. The minimum absolute atomic E-state index is 0.231. The highest BCUT2D eigenvalue weighted by molar-refractivity contribution is 6.32. The molecule has 66 valence electrons. The molecule has 0 aromatic heterocycles. The first-order chi connectivity index (χ1) is 5.27. The van der Waals surface area contributed by atoms with Crippen molar-refractivity contribution in [1.82, 2.24) is 0 Å². The van der Waals surface area contributed by atoms with Crippen molar-refractivity contribution in [3.05, 3.63) is 0 Å². The minimum atomic E-state index is -0.231. The largest absolute Gasteiger partial charge is 0.424 e. The smallest absolute Gasteiger partial charge is 0.167 e. The molecule has 0 atom stereocenters. The van der Waals surface area contributed by atoms with Crippen molar-refractivity contribution in [2.24, 2.45) is 0 Å². The van der Waals surface area contributed by atoms with Crippen LogP contribution >= 0.6 is 0 Å². The summed E-state index contributed by atoms with van der Waals surface area (Å²) in [5.74, 6) is 0. The first kappa shape index (κ1) is 9.27.